The minimum Gasteiger partial charge on any atom is -0.477 e. The maximum atomic E-state index is 12.3. The lowest BCUT2D eigenvalue weighted by molar-refractivity contribution is 0.0688. The third-order valence-electron chi connectivity index (χ3n) is 1.79. The predicted molar refractivity (Wildman–Crippen MR) is 51.6 cm³/mol. The molecule has 2 N–H and O–H groups in total. The predicted octanol–water partition coefficient (Wildman–Crippen LogP) is 1.91. The zero-order chi connectivity index (χ0) is 11.6. The van der Waals surface area contributed by atoms with Crippen molar-refractivity contribution in [1.82, 2.24) is 4.98 Å². The fraction of sp³-hybridized carbons (Fsp3) is 0.250. The van der Waals surface area contributed by atoms with Gasteiger partial charge in [-0.05, 0) is 0 Å². The van der Waals surface area contributed by atoms with Gasteiger partial charge in [-0.1, -0.05) is 15.9 Å². The van der Waals surface area contributed by atoms with Gasteiger partial charge in [-0.2, -0.15) is 0 Å². The van der Waals surface area contributed by atoms with Crippen LogP contribution in [0.25, 0.3) is 0 Å². The summed E-state index contributed by atoms with van der Waals surface area (Å²) >= 11 is 2.88. The average molecular weight is 282 g/mol. The summed E-state index contributed by atoms with van der Waals surface area (Å²) < 4.78 is 24.6. The molecule has 0 aromatic carbocycles. The molecule has 82 valence electrons. The molecule has 0 saturated heterocycles. The molecule has 0 atom stereocenters. The lowest BCUT2D eigenvalue weighted by atomic mass is 10.1. The number of aromatic nitrogens is 1. The van der Waals surface area contributed by atoms with E-state index in [-0.39, 0.29) is 16.6 Å². The van der Waals surface area contributed by atoms with Crippen molar-refractivity contribution in [3.63, 3.8) is 0 Å². The first-order valence-electron chi connectivity index (χ1n) is 3.81. The molecule has 0 aliphatic carbocycles. The summed E-state index contributed by atoms with van der Waals surface area (Å²) in [4.78, 5) is 24.2. The van der Waals surface area contributed by atoms with Crippen LogP contribution in [0.5, 0.6) is 0 Å². The van der Waals surface area contributed by atoms with Gasteiger partial charge in [-0.3, -0.25) is 4.79 Å². The molecule has 1 heterocycles. The molecule has 1 aromatic heterocycles. The summed E-state index contributed by atoms with van der Waals surface area (Å²) in [7, 11) is 0. The van der Waals surface area contributed by atoms with Crippen LogP contribution in [0.15, 0.2) is 11.0 Å². The molecule has 7 heteroatoms. The van der Waals surface area contributed by atoms with E-state index < -0.39 is 23.4 Å². The minimum absolute atomic E-state index is 0.0927. The molecule has 0 amide bonds. The van der Waals surface area contributed by atoms with E-state index in [1.165, 1.54) is 0 Å². The Morgan fingerprint density at radius 1 is 1.60 bits per heavy atom. The van der Waals surface area contributed by atoms with Crippen LogP contribution in [-0.2, 0) is 5.33 Å². The number of aromatic amines is 1. The van der Waals surface area contributed by atoms with Gasteiger partial charge in [0.2, 0.25) is 0 Å². The highest BCUT2D eigenvalue weighted by molar-refractivity contribution is 9.08. The Bertz CT molecular complexity index is 444. The first-order valence-corrected chi connectivity index (χ1v) is 4.93. The van der Waals surface area contributed by atoms with Gasteiger partial charge in [0.1, 0.15) is 5.69 Å². The van der Waals surface area contributed by atoms with Crippen LogP contribution in [0.2, 0.25) is 0 Å². The SMILES string of the molecule is O=C(O)c1[nH]cc(C(F)F)c(=O)c1CBr. The smallest absolute Gasteiger partial charge is 0.352 e. The Balaban J connectivity index is 3.46. The first kappa shape index (κ1) is 11.8. The van der Waals surface area contributed by atoms with E-state index in [2.05, 4.69) is 20.9 Å². The van der Waals surface area contributed by atoms with Gasteiger partial charge >= 0.3 is 5.97 Å². The number of alkyl halides is 3. The third-order valence-corrected chi connectivity index (χ3v) is 2.35. The highest BCUT2D eigenvalue weighted by atomic mass is 79.9. The molecule has 0 aliphatic rings. The molecular weight excluding hydrogens is 276 g/mol. The summed E-state index contributed by atoms with van der Waals surface area (Å²) in [6, 6.07) is 0. The number of rotatable bonds is 3. The maximum Gasteiger partial charge on any atom is 0.352 e. The maximum absolute atomic E-state index is 12.3. The van der Waals surface area contributed by atoms with Crippen LogP contribution in [0.3, 0.4) is 0 Å². The average Bonchev–Trinajstić information content (AvgIpc) is 2.16. The van der Waals surface area contributed by atoms with E-state index in [4.69, 9.17) is 5.11 Å². The lowest BCUT2D eigenvalue weighted by Gasteiger charge is -2.05. The van der Waals surface area contributed by atoms with Crippen molar-refractivity contribution >= 4 is 21.9 Å². The van der Waals surface area contributed by atoms with Crippen molar-refractivity contribution < 1.29 is 18.7 Å². The van der Waals surface area contributed by atoms with Crippen LogP contribution < -0.4 is 5.43 Å². The largest absolute Gasteiger partial charge is 0.477 e. The topological polar surface area (TPSA) is 70.2 Å². The summed E-state index contributed by atoms with van der Waals surface area (Å²) in [6.45, 7) is 0. The van der Waals surface area contributed by atoms with Gasteiger partial charge < -0.3 is 10.1 Å². The highest BCUT2D eigenvalue weighted by Crippen LogP contribution is 2.16. The van der Waals surface area contributed by atoms with Crippen LogP contribution in [-0.4, -0.2) is 16.1 Å². The van der Waals surface area contributed by atoms with Gasteiger partial charge in [0.05, 0.1) is 5.56 Å². The Kier molecular flexibility index (Phi) is 3.57. The number of carboxylic acids is 1. The molecule has 0 bridgehead atoms. The van der Waals surface area contributed by atoms with Crippen molar-refractivity contribution in [2.24, 2.45) is 0 Å². The van der Waals surface area contributed by atoms with Crippen LogP contribution in [0.1, 0.15) is 28.0 Å². The number of hydrogen-bond donors (Lipinski definition) is 2. The number of pyridine rings is 1. The van der Waals surface area contributed by atoms with Crippen LogP contribution in [0, 0.1) is 0 Å². The summed E-state index contributed by atoms with van der Waals surface area (Å²) in [5, 5.41) is 8.58. The third kappa shape index (κ3) is 2.23. The number of carbonyl (C=O) groups is 1. The summed E-state index contributed by atoms with van der Waals surface area (Å²) in [5.74, 6) is -1.36. The van der Waals surface area contributed by atoms with Crippen molar-refractivity contribution in [2.75, 3.05) is 0 Å². The van der Waals surface area contributed by atoms with E-state index in [1.807, 2.05) is 0 Å². The Morgan fingerprint density at radius 2 is 2.20 bits per heavy atom. The summed E-state index contributed by atoms with van der Waals surface area (Å²) in [5.41, 5.74) is -2.26. The van der Waals surface area contributed by atoms with Crippen molar-refractivity contribution in [3.05, 3.63) is 33.2 Å². The fourth-order valence-corrected chi connectivity index (χ4v) is 1.61. The minimum atomic E-state index is -2.92. The number of carboxylic acid groups (broad SMARTS) is 1. The van der Waals surface area contributed by atoms with Crippen molar-refractivity contribution in [1.29, 1.82) is 0 Å². The lowest BCUT2D eigenvalue weighted by Crippen LogP contribution is -2.20. The van der Waals surface area contributed by atoms with Gasteiger partial charge in [-0.25, -0.2) is 13.6 Å². The molecule has 0 fully saturated rings. The van der Waals surface area contributed by atoms with E-state index in [1.54, 1.807) is 0 Å². The molecule has 0 saturated carbocycles. The van der Waals surface area contributed by atoms with Gasteiger partial charge in [-0.15, -0.1) is 0 Å². The van der Waals surface area contributed by atoms with Crippen molar-refractivity contribution in [3.8, 4) is 0 Å². The second-order valence-corrected chi connectivity index (χ2v) is 3.23. The number of H-pyrrole nitrogens is 1. The molecular formula is C8H6BrF2NO3. The number of aromatic carboxylic acids is 1. The summed E-state index contributed by atoms with van der Waals surface area (Å²) in [6.07, 6.45) is -2.20. The molecule has 0 spiro atoms. The molecule has 1 rings (SSSR count). The Hall–Kier alpha value is -1.24. The van der Waals surface area contributed by atoms with Crippen LogP contribution in [0.4, 0.5) is 8.78 Å². The Labute approximate surface area is 91.1 Å². The van der Waals surface area contributed by atoms with Gasteiger partial charge in [0.25, 0.3) is 6.43 Å². The van der Waals surface area contributed by atoms with Gasteiger partial charge in [0.15, 0.2) is 5.43 Å². The standard InChI is InChI=1S/C8H6BrF2NO3/c9-1-3-5(8(14)15)12-2-4(6(3)13)7(10)11/h2,7H,1H2,(H,12,13)(H,14,15). The molecule has 15 heavy (non-hydrogen) atoms. The number of nitrogens with one attached hydrogen (secondary N) is 1. The second-order valence-electron chi connectivity index (χ2n) is 2.67. The fourth-order valence-electron chi connectivity index (χ4n) is 1.07. The van der Waals surface area contributed by atoms with E-state index in [9.17, 15) is 18.4 Å². The zero-order valence-electron chi connectivity index (χ0n) is 7.26. The molecule has 0 unspecified atom stereocenters. The quantitative estimate of drug-likeness (QED) is 0.832. The van der Waals surface area contributed by atoms with E-state index in [0.29, 0.717) is 0 Å². The van der Waals surface area contributed by atoms with Crippen LogP contribution >= 0.6 is 15.9 Å². The van der Waals surface area contributed by atoms with Crippen molar-refractivity contribution in [2.45, 2.75) is 11.8 Å². The van der Waals surface area contributed by atoms with E-state index >= 15 is 0 Å². The molecule has 0 aliphatic heterocycles. The van der Waals surface area contributed by atoms with E-state index in [0.717, 1.165) is 6.20 Å². The molecule has 4 nitrogen and oxygen atoms in total. The van der Waals surface area contributed by atoms with Gasteiger partial charge in [0, 0.05) is 17.1 Å². The Morgan fingerprint density at radius 3 is 2.60 bits per heavy atom. The number of hydrogen-bond acceptors (Lipinski definition) is 2. The normalized spacial score (nSPS) is 10.7. The zero-order valence-corrected chi connectivity index (χ0v) is 8.85. The second kappa shape index (κ2) is 4.52. The molecule has 1 aromatic rings. The monoisotopic (exact) mass is 281 g/mol. The molecule has 0 radical (unpaired) electrons. The first-order chi connectivity index (χ1) is 6.99. The number of halogens is 3. The highest BCUT2D eigenvalue weighted by Gasteiger charge is 2.20.